The van der Waals surface area contributed by atoms with Crippen LogP contribution in [0.3, 0.4) is 0 Å². The first-order valence-corrected chi connectivity index (χ1v) is 7.55. The molecule has 0 aliphatic carbocycles. The Morgan fingerprint density at radius 2 is 1.77 bits per heavy atom. The Kier molecular flexibility index (Phi) is 5.98. The fourth-order valence-corrected chi connectivity index (χ4v) is 2.07. The summed E-state index contributed by atoms with van der Waals surface area (Å²) in [4.78, 5) is 13.5. The Labute approximate surface area is 131 Å². The fraction of sp³-hybridized carbons (Fsp3) is 0.278. The summed E-state index contributed by atoms with van der Waals surface area (Å²) in [6, 6.07) is 16.8. The highest BCUT2D eigenvalue weighted by Crippen LogP contribution is 2.21. The molecular formula is C18H23N2O2+. The topological polar surface area (TPSA) is 42.8 Å². The van der Waals surface area contributed by atoms with Crippen LogP contribution in [0.25, 0.3) is 0 Å². The molecule has 0 radical (unpaired) electrons. The summed E-state index contributed by atoms with van der Waals surface area (Å²) in [5.41, 5.74) is 0.616. The molecule has 116 valence electrons. The maximum Gasteiger partial charge on any atom is 0.251 e. The van der Waals surface area contributed by atoms with Gasteiger partial charge in [-0.15, -0.1) is 0 Å². The number of carbonyl (C=O) groups is 1. The van der Waals surface area contributed by atoms with Crippen molar-refractivity contribution in [3.8, 4) is 11.5 Å². The van der Waals surface area contributed by atoms with Crippen LogP contribution in [0, 0.1) is 0 Å². The zero-order valence-corrected chi connectivity index (χ0v) is 13.1. The zero-order valence-electron chi connectivity index (χ0n) is 13.1. The second kappa shape index (κ2) is 8.20. The smallest absolute Gasteiger partial charge is 0.251 e. The molecule has 4 nitrogen and oxygen atoms in total. The van der Waals surface area contributed by atoms with Gasteiger partial charge in [0.25, 0.3) is 5.91 Å². The van der Waals surface area contributed by atoms with Crippen LogP contribution in [0.4, 0.5) is 0 Å². The number of hydrogen-bond donors (Lipinski definition) is 2. The minimum Gasteiger partial charge on any atom is -0.457 e. The molecule has 4 heteroatoms. The van der Waals surface area contributed by atoms with E-state index in [4.69, 9.17) is 4.74 Å². The number of rotatable bonds is 7. The summed E-state index contributed by atoms with van der Waals surface area (Å²) in [5, 5.41) is 2.94. The number of benzene rings is 2. The van der Waals surface area contributed by atoms with Crippen molar-refractivity contribution in [2.75, 3.05) is 27.2 Å². The molecule has 2 N–H and O–H groups in total. The van der Waals surface area contributed by atoms with Gasteiger partial charge in [-0.05, 0) is 30.3 Å². The van der Waals surface area contributed by atoms with Gasteiger partial charge >= 0.3 is 0 Å². The lowest BCUT2D eigenvalue weighted by Gasteiger charge is -2.09. The molecular weight excluding hydrogens is 276 g/mol. The third-order valence-corrected chi connectivity index (χ3v) is 3.21. The van der Waals surface area contributed by atoms with Crippen molar-refractivity contribution >= 4 is 5.91 Å². The number of nitrogens with one attached hydrogen (secondary N) is 2. The number of carbonyl (C=O) groups excluding carboxylic acids is 1. The Bertz CT molecular complexity index is 597. The molecule has 2 aromatic rings. The molecule has 0 bridgehead atoms. The number of ether oxygens (including phenoxy) is 1. The Hall–Kier alpha value is -2.33. The van der Waals surface area contributed by atoms with E-state index in [2.05, 4.69) is 19.4 Å². The monoisotopic (exact) mass is 299 g/mol. The SMILES string of the molecule is C[NH+](C)CCCNC(=O)c1cccc(Oc2ccccc2)c1. The lowest BCUT2D eigenvalue weighted by molar-refractivity contribution is -0.858. The first kappa shape index (κ1) is 16.0. The summed E-state index contributed by atoms with van der Waals surface area (Å²) in [6.45, 7) is 1.73. The van der Waals surface area contributed by atoms with Crippen molar-refractivity contribution in [2.45, 2.75) is 6.42 Å². The van der Waals surface area contributed by atoms with E-state index < -0.39 is 0 Å². The van der Waals surface area contributed by atoms with E-state index in [0.717, 1.165) is 18.7 Å². The van der Waals surface area contributed by atoms with E-state index >= 15 is 0 Å². The third-order valence-electron chi connectivity index (χ3n) is 3.21. The van der Waals surface area contributed by atoms with Gasteiger partial charge < -0.3 is 15.0 Å². The molecule has 0 fully saturated rings. The number of amides is 1. The molecule has 0 aromatic heterocycles. The maximum atomic E-state index is 12.1. The highest BCUT2D eigenvalue weighted by atomic mass is 16.5. The van der Waals surface area contributed by atoms with Crippen LogP contribution in [-0.2, 0) is 0 Å². The second-order valence-corrected chi connectivity index (χ2v) is 5.51. The highest BCUT2D eigenvalue weighted by Gasteiger charge is 2.07. The predicted molar refractivity (Wildman–Crippen MR) is 87.6 cm³/mol. The molecule has 0 saturated carbocycles. The van der Waals surface area contributed by atoms with Crippen LogP contribution in [-0.4, -0.2) is 33.1 Å². The number of para-hydroxylation sites is 1. The van der Waals surface area contributed by atoms with E-state index in [9.17, 15) is 4.79 Å². The second-order valence-electron chi connectivity index (χ2n) is 5.51. The van der Waals surface area contributed by atoms with Crippen LogP contribution in [0.15, 0.2) is 54.6 Å². The van der Waals surface area contributed by atoms with Gasteiger partial charge in [-0.3, -0.25) is 4.79 Å². The molecule has 2 aromatic carbocycles. The first-order chi connectivity index (χ1) is 10.6. The Morgan fingerprint density at radius 3 is 2.50 bits per heavy atom. The van der Waals surface area contributed by atoms with Crippen molar-refractivity contribution in [3.63, 3.8) is 0 Å². The van der Waals surface area contributed by atoms with E-state index in [1.807, 2.05) is 42.5 Å². The summed E-state index contributed by atoms with van der Waals surface area (Å²) >= 11 is 0. The zero-order chi connectivity index (χ0) is 15.8. The van der Waals surface area contributed by atoms with Crippen LogP contribution in [0.1, 0.15) is 16.8 Å². The molecule has 0 atom stereocenters. The average Bonchev–Trinajstić information content (AvgIpc) is 2.52. The molecule has 0 aliphatic rings. The number of quaternary nitrogens is 1. The lowest BCUT2D eigenvalue weighted by Crippen LogP contribution is -3.05. The van der Waals surface area contributed by atoms with Crippen molar-refractivity contribution < 1.29 is 14.4 Å². The van der Waals surface area contributed by atoms with Gasteiger partial charge in [0.1, 0.15) is 11.5 Å². The molecule has 1 amide bonds. The minimum atomic E-state index is -0.0627. The predicted octanol–water partition coefficient (Wildman–Crippen LogP) is 1.74. The van der Waals surface area contributed by atoms with Crippen molar-refractivity contribution in [1.82, 2.24) is 5.32 Å². The van der Waals surface area contributed by atoms with Gasteiger partial charge in [0.05, 0.1) is 20.6 Å². The molecule has 22 heavy (non-hydrogen) atoms. The van der Waals surface area contributed by atoms with E-state index in [1.54, 1.807) is 12.1 Å². The Balaban J connectivity index is 1.91. The maximum absolute atomic E-state index is 12.1. The van der Waals surface area contributed by atoms with E-state index in [1.165, 1.54) is 4.90 Å². The molecule has 0 spiro atoms. The molecule has 0 saturated heterocycles. The van der Waals surface area contributed by atoms with Gasteiger partial charge in [0, 0.05) is 18.5 Å². The normalized spacial score (nSPS) is 10.5. The highest BCUT2D eigenvalue weighted by molar-refractivity contribution is 5.94. The van der Waals surface area contributed by atoms with Crippen LogP contribution >= 0.6 is 0 Å². The molecule has 0 heterocycles. The molecule has 0 aliphatic heterocycles. The van der Waals surface area contributed by atoms with Crippen molar-refractivity contribution in [1.29, 1.82) is 0 Å². The van der Waals surface area contributed by atoms with Crippen LogP contribution < -0.4 is 15.0 Å². The lowest BCUT2D eigenvalue weighted by atomic mass is 10.2. The summed E-state index contributed by atoms with van der Waals surface area (Å²) in [6.07, 6.45) is 0.967. The largest absolute Gasteiger partial charge is 0.457 e. The summed E-state index contributed by atoms with van der Waals surface area (Å²) in [7, 11) is 4.21. The van der Waals surface area contributed by atoms with Crippen LogP contribution in [0.2, 0.25) is 0 Å². The average molecular weight is 299 g/mol. The standard InChI is InChI=1S/C18H22N2O2/c1-20(2)13-7-12-19-18(21)15-8-6-11-17(14-15)22-16-9-4-3-5-10-16/h3-6,8-11,14H,7,12-13H2,1-2H3,(H,19,21)/p+1. The quantitative estimate of drug-likeness (QED) is 0.765. The molecule has 0 unspecified atom stereocenters. The first-order valence-electron chi connectivity index (χ1n) is 7.55. The molecule has 2 rings (SSSR count). The minimum absolute atomic E-state index is 0.0627. The third kappa shape index (κ3) is 5.22. The van der Waals surface area contributed by atoms with E-state index in [0.29, 0.717) is 17.9 Å². The Morgan fingerprint density at radius 1 is 1.05 bits per heavy atom. The fourth-order valence-electron chi connectivity index (χ4n) is 2.07. The summed E-state index contributed by atoms with van der Waals surface area (Å²) in [5.74, 6) is 1.36. The van der Waals surface area contributed by atoms with Crippen molar-refractivity contribution in [3.05, 3.63) is 60.2 Å². The van der Waals surface area contributed by atoms with Gasteiger partial charge in [0.2, 0.25) is 0 Å². The van der Waals surface area contributed by atoms with E-state index in [-0.39, 0.29) is 5.91 Å². The summed E-state index contributed by atoms with van der Waals surface area (Å²) < 4.78 is 5.74. The van der Waals surface area contributed by atoms with Crippen molar-refractivity contribution in [2.24, 2.45) is 0 Å². The van der Waals surface area contributed by atoms with Gasteiger partial charge in [-0.2, -0.15) is 0 Å². The van der Waals surface area contributed by atoms with Gasteiger partial charge in [-0.1, -0.05) is 24.3 Å². The van der Waals surface area contributed by atoms with Gasteiger partial charge in [-0.25, -0.2) is 0 Å². The van der Waals surface area contributed by atoms with Crippen LogP contribution in [0.5, 0.6) is 11.5 Å². The van der Waals surface area contributed by atoms with Gasteiger partial charge in [0.15, 0.2) is 0 Å². The number of hydrogen-bond acceptors (Lipinski definition) is 2.